The number of thiazole rings is 1. The highest BCUT2D eigenvalue weighted by Crippen LogP contribution is 2.19. The lowest BCUT2D eigenvalue weighted by molar-refractivity contribution is 0.627. The van der Waals surface area contributed by atoms with Crippen LogP contribution in [-0.2, 0) is 6.42 Å². The zero-order valence-corrected chi connectivity index (χ0v) is 9.86. The standard InChI is InChI=1S/C12H15N3S/c13-6-10(11-2-1-5-14-7-11)3-4-12-8-16-9-15-12/h1-2,5,7-10H,3-4,6,13H2. The molecule has 0 bridgehead atoms. The molecular formula is C12H15N3S. The summed E-state index contributed by atoms with van der Waals surface area (Å²) in [5.74, 6) is 0.385. The Morgan fingerprint density at radius 1 is 1.44 bits per heavy atom. The summed E-state index contributed by atoms with van der Waals surface area (Å²) >= 11 is 1.64. The number of pyridine rings is 1. The molecule has 0 aliphatic rings. The van der Waals surface area contributed by atoms with Crippen LogP contribution in [0.1, 0.15) is 23.6 Å². The van der Waals surface area contributed by atoms with Crippen LogP contribution >= 0.6 is 11.3 Å². The molecule has 0 saturated heterocycles. The monoisotopic (exact) mass is 233 g/mol. The maximum atomic E-state index is 5.80. The van der Waals surface area contributed by atoms with Gasteiger partial charge in [-0.2, -0.15) is 0 Å². The first-order valence-electron chi connectivity index (χ1n) is 5.37. The molecular weight excluding hydrogens is 218 g/mol. The second-order valence-electron chi connectivity index (χ2n) is 3.74. The third-order valence-corrected chi connectivity index (χ3v) is 3.31. The maximum absolute atomic E-state index is 5.80. The Morgan fingerprint density at radius 2 is 2.38 bits per heavy atom. The van der Waals surface area contributed by atoms with Gasteiger partial charge in [0, 0.05) is 17.8 Å². The lowest BCUT2D eigenvalue weighted by atomic mass is 9.95. The summed E-state index contributed by atoms with van der Waals surface area (Å²) in [6, 6.07) is 4.05. The van der Waals surface area contributed by atoms with Crippen LogP contribution in [-0.4, -0.2) is 16.5 Å². The van der Waals surface area contributed by atoms with Crippen LogP contribution in [0.3, 0.4) is 0 Å². The average Bonchev–Trinajstić information content (AvgIpc) is 2.84. The Morgan fingerprint density at radius 3 is 3.00 bits per heavy atom. The van der Waals surface area contributed by atoms with Crippen molar-refractivity contribution in [2.75, 3.05) is 6.54 Å². The molecule has 0 amide bonds. The highest BCUT2D eigenvalue weighted by Gasteiger charge is 2.10. The molecule has 0 aliphatic carbocycles. The number of aryl methyl sites for hydroxylation is 1. The summed E-state index contributed by atoms with van der Waals surface area (Å²) in [6.45, 7) is 0.663. The number of aromatic nitrogens is 2. The second-order valence-corrected chi connectivity index (χ2v) is 4.46. The van der Waals surface area contributed by atoms with Gasteiger partial charge in [0.2, 0.25) is 0 Å². The quantitative estimate of drug-likeness (QED) is 0.861. The van der Waals surface area contributed by atoms with Gasteiger partial charge in [0.05, 0.1) is 11.2 Å². The van der Waals surface area contributed by atoms with E-state index in [4.69, 9.17) is 5.73 Å². The van der Waals surface area contributed by atoms with Crippen molar-refractivity contribution in [2.24, 2.45) is 5.73 Å². The van der Waals surface area contributed by atoms with Gasteiger partial charge in [0.25, 0.3) is 0 Å². The fraction of sp³-hybridized carbons (Fsp3) is 0.333. The van der Waals surface area contributed by atoms with E-state index in [0.717, 1.165) is 18.5 Å². The van der Waals surface area contributed by atoms with E-state index in [0.29, 0.717) is 12.5 Å². The third kappa shape index (κ3) is 2.87. The molecule has 1 unspecified atom stereocenters. The summed E-state index contributed by atoms with van der Waals surface area (Å²) in [7, 11) is 0. The zero-order valence-electron chi connectivity index (χ0n) is 9.04. The molecule has 4 heteroatoms. The summed E-state index contributed by atoms with van der Waals surface area (Å²) in [5.41, 5.74) is 10.1. The number of hydrogen-bond acceptors (Lipinski definition) is 4. The van der Waals surface area contributed by atoms with E-state index in [-0.39, 0.29) is 0 Å². The van der Waals surface area contributed by atoms with Gasteiger partial charge in [0.15, 0.2) is 0 Å². The van der Waals surface area contributed by atoms with Gasteiger partial charge in [0.1, 0.15) is 0 Å². The maximum Gasteiger partial charge on any atom is 0.0794 e. The van der Waals surface area contributed by atoms with Crippen molar-refractivity contribution < 1.29 is 0 Å². The molecule has 0 fully saturated rings. The molecule has 2 aromatic rings. The van der Waals surface area contributed by atoms with Gasteiger partial charge in [-0.25, -0.2) is 4.98 Å². The minimum atomic E-state index is 0.385. The predicted octanol–water partition coefficient (Wildman–Crippen LogP) is 2.21. The largest absolute Gasteiger partial charge is 0.330 e. The van der Waals surface area contributed by atoms with Gasteiger partial charge in [-0.3, -0.25) is 4.98 Å². The van der Waals surface area contributed by atoms with Crippen molar-refractivity contribution in [1.82, 2.24) is 9.97 Å². The van der Waals surface area contributed by atoms with Crippen molar-refractivity contribution in [3.63, 3.8) is 0 Å². The van der Waals surface area contributed by atoms with Crippen LogP contribution in [0.4, 0.5) is 0 Å². The molecule has 0 aliphatic heterocycles. The summed E-state index contributed by atoms with van der Waals surface area (Å²) in [5, 5.41) is 2.09. The van der Waals surface area contributed by atoms with Crippen LogP contribution in [0.2, 0.25) is 0 Å². The van der Waals surface area contributed by atoms with Crippen molar-refractivity contribution in [2.45, 2.75) is 18.8 Å². The number of nitrogens with zero attached hydrogens (tertiary/aromatic N) is 2. The normalized spacial score (nSPS) is 12.6. The lowest BCUT2D eigenvalue weighted by Crippen LogP contribution is -2.13. The number of nitrogens with two attached hydrogens (primary N) is 1. The fourth-order valence-corrected chi connectivity index (χ4v) is 2.31. The van der Waals surface area contributed by atoms with E-state index in [2.05, 4.69) is 21.4 Å². The molecule has 16 heavy (non-hydrogen) atoms. The van der Waals surface area contributed by atoms with Crippen molar-refractivity contribution in [1.29, 1.82) is 0 Å². The molecule has 2 N–H and O–H groups in total. The van der Waals surface area contributed by atoms with Gasteiger partial charge in [-0.1, -0.05) is 6.07 Å². The first-order chi connectivity index (χ1) is 7.90. The molecule has 2 rings (SSSR count). The van der Waals surface area contributed by atoms with Gasteiger partial charge in [-0.15, -0.1) is 11.3 Å². The van der Waals surface area contributed by atoms with Crippen LogP contribution in [0.5, 0.6) is 0 Å². The Labute approximate surface area is 99.4 Å². The van der Waals surface area contributed by atoms with E-state index in [9.17, 15) is 0 Å². The smallest absolute Gasteiger partial charge is 0.0794 e. The first kappa shape index (κ1) is 11.2. The Bertz CT molecular complexity index is 399. The van der Waals surface area contributed by atoms with E-state index < -0.39 is 0 Å². The molecule has 0 saturated carbocycles. The Hall–Kier alpha value is -1.26. The van der Waals surface area contributed by atoms with Crippen LogP contribution < -0.4 is 5.73 Å². The van der Waals surface area contributed by atoms with E-state index in [1.54, 1.807) is 17.5 Å². The minimum absolute atomic E-state index is 0.385. The van der Waals surface area contributed by atoms with Gasteiger partial charge < -0.3 is 5.73 Å². The first-order valence-corrected chi connectivity index (χ1v) is 6.31. The third-order valence-electron chi connectivity index (χ3n) is 2.67. The predicted molar refractivity (Wildman–Crippen MR) is 66.5 cm³/mol. The molecule has 84 valence electrons. The van der Waals surface area contributed by atoms with Crippen LogP contribution in [0, 0.1) is 0 Å². The molecule has 0 aromatic carbocycles. The van der Waals surface area contributed by atoms with Crippen LogP contribution in [0.25, 0.3) is 0 Å². The number of hydrogen-bond donors (Lipinski definition) is 1. The Balaban J connectivity index is 1.96. The highest BCUT2D eigenvalue weighted by atomic mass is 32.1. The average molecular weight is 233 g/mol. The Kier molecular flexibility index (Phi) is 4.02. The summed E-state index contributed by atoms with van der Waals surface area (Å²) < 4.78 is 0. The molecule has 3 nitrogen and oxygen atoms in total. The molecule has 1 atom stereocenters. The van der Waals surface area contributed by atoms with Crippen molar-refractivity contribution in [3.8, 4) is 0 Å². The van der Waals surface area contributed by atoms with E-state index >= 15 is 0 Å². The fourth-order valence-electron chi connectivity index (χ4n) is 1.72. The molecule has 2 heterocycles. The lowest BCUT2D eigenvalue weighted by Gasteiger charge is -2.13. The second kappa shape index (κ2) is 5.72. The topological polar surface area (TPSA) is 51.8 Å². The van der Waals surface area contributed by atoms with E-state index in [1.807, 2.05) is 17.8 Å². The van der Waals surface area contributed by atoms with E-state index in [1.165, 1.54) is 5.56 Å². The molecule has 0 radical (unpaired) electrons. The SMILES string of the molecule is NCC(CCc1cscn1)c1cccnc1. The zero-order chi connectivity index (χ0) is 11.2. The van der Waals surface area contributed by atoms with Crippen LogP contribution in [0.15, 0.2) is 35.4 Å². The molecule has 2 aromatic heterocycles. The van der Waals surface area contributed by atoms with Crippen molar-refractivity contribution >= 4 is 11.3 Å². The molecule has 0 spiro atoms. The highest BCUT2D eigenvalue weighted by molar-refractivity contribution is 7.07. The van der Waals surface area contributed by atoms with Gasteiger partial charge in [-0.05, 0) is 36.9 Å². The number of rotatable bonds is 5. The van der Waals surface area contributed by atoms with Crippen molar-refractivity contribution in [3.05, 3.63) is 46.7 Å². The van der Waals surface area contributed by atoms with Gasteiger partial charge >= 0.3 is 0 Å². The minimum Gasteiger partial charge on any atom is -0.330 e. The summed E-state index contributed by atoms with van der Waals surface area (Å²) in [6.07, 6.45) is 5.71. The summed E-state index contributed by atoms with van der Waals surface area (Å²) in [4.78, 5) is 8.41.